The summed E-state index contributed by atoms with van der Waals surface area (Å²) < 4.78 is 13.1. The maximum atomic E-state index is 13.1. The van der Waals surface area contributed by atoms with Gasteiger partial charge in [-0.05, 0) is 25.7 Å². The smallest absolute Gasteiger partial charge is 0.229 e. The number of nitrogens with one attached hydrogen (secondary N) is 1. The summed E-state index contributed by atoms with van der Waals surface area (Å²) in [5.41, 5.74) is 0. The molecule has 1 saturated carbocycles. The van der Waals surface area contributed by atoms with Crippen LogP contribution in [-0.4, -0.2) is 17.1 Å². The van der Waals surface area contributed by atoms with Crippen LogP contribution in [0.25, 0.3) is 0 Å². The molecule has 1 amide bonds. The molecule has 0 saturated heterocycles. The standard InChI is InChI=1S/C10H13FN2OS/c11-8-3-1-2-7(6-8)9(14)13-10-12-4-5-15-10/h4-5,7-8H,1-3,6H2,(H,12,13,14)/t7-,8+/m0/s1. The highest BCUT2D eigenvalue weighted by Gasteiger charge is 2.27. The summed E-state index contributed by atoms with van der Waals surface area (Å²) >= 11 is 1.38. The van der Waals surface area contributed by atoms with Crippen molar-refractivity contribution in [3.63, 3.8) is 0 Å². The molecule has 1 aliphatic carbocycles. The van der Waals surface area contributed by atoms with Crippen LogP contribution in [0.5, 0.6) is 0 Å². The van der Waals surface area contributed by atoms with Gasteiger partial charge in [0.15, 0.2) is 5.13 Å². The second kappa shape index (κ2) is 4.70. The van der Waals surface area contributed by atoms with Gasteiger partial charge >= 0.3 is 0 Å². The number of amides is 1. The van der Waals surface area contributed by atoms with Gasteiger partial charge in [-0.25, -0.2) is 9.37 Å². The first-order valence-corrected chi connectivity index (χ1v) is 5.98. The van der Waals surface area contributed by atoms with E-state index in [1.54, 1.807) is 11.6 Å². The Morgan fingerprint density at radius 3 is 3.13 bits per heavy atom. The Balaban J connectivity index is 1.90. The van der Waals surface area contributed by atoms with Crippen molar-refractivity contribution in [1.82, 2.24) is 4.98 Å². The molecule has 1 aromatic rings. The van der Waals surface area contributed by atoms with Crippen LogP contribution in [0.1, 0.15) is 25.7 Å². The molecule has 0 spiro atoms. The van der Waals surface area contributed by atoms with Gasteiger partial charge in [0, 0.05) is 17.5 Å². The van der Waals surface area contributed by atoms with E-state index in [4.69, 9.17) is 0 Å². The molecule has 0 bridgehead atoms. The fraction of sp³-hybridized carbons (Fsp3) is 0.600. The third-order valence-corrected chi connectivity index (χ3v) is 3.33. The van der Waals surface area contributed by atoms with Crippen LogP contribution in [0.2, 0.25) is 0 Å². The van der Waals surface area contributed by atoms with Gasteiger partial charge < -0.3 is 5.32 Å². The quantitative estimate of drug-likeness (QED) is 0.845. The maximum Gasteiger partial charge on any atom is 0.229 e. The van der Waals surface area contributed by atoms with Crippen molar-refractivity contribution >= 4 is 22.4 Å². The molecule has 0 aliphatic heterocycles. The molecule has 5 heteroatoms. The predicted molar refractivity (Wildman–Crippen MR) is 57.6 cm³/mol. The van der Waals surface area contributed by atoms with E-state index < -0.39 is 6.17 Å². The van der Waals surface area contributed by atoms with Gasteiger partial charge in [0.2, 0.25) is 5.91 Å². The molecular weight excluding hydrogens is 215 g/mol. The first-order valence-electron chi connectivity index (χ1n) is 5.10. The lowest BCUT2D eigenvalue weighted by Gasteiger charge is -2.22. The van der Waals surface area contributed by atoms with Crippen molar-refractivity contribution in [3.05, 3.63) is 11.6 Å². The average Bonchev–Trinajstić information content (AvgIpc) is 2.70. The molecule has 1 aromatic heterocycles. The van der Waals surface area contributed by atoms with Gasteiger partial charge in [-0.15, -0.1) is 11.3 Å². The topological polar surface area (TPSA) is 42.0 Å². The zero-order valence-corrected chi connectivity index (χ0v) is 9.10. The number of aromatic nitrogens is 1. The van der Waals surface area contributed by atoms with E-state index in [1.165, 1.54) is 11.3 Å². The van der Waals surface area contributed by atoms with Gasteiger partial charge in [0.1, 0.15) is 6.17 Å². The van der Waals surface area contributed by atoms with E-state index in [9.17, 15) is 9.18 Å². The highest BCUT2D eigenvalue weighted by atomic mass is 32.1. The van der Waals surface area contributed by atoms with Gasteiger partial charge in [0.25, 0.3) is 0 Å². The summed E-state index contributed by atoms with van der Waals surface area (Å²) in [6.07, 6.45) is 3.37. The Labute approximate surface area is 91.7 Å². The number of nitrogens with zero attached hydrogens (tertiary/aromatic N) is 1. The number of hydrogen-bond donors (Lipinski definition) is 1. The molecular formula is C10H13FN2OS. The lowest BCUT2D eigenvalue weighted by Crippen LogP contribution is -2.28. The number of alkyl halides is 1. The molecule has 2 rings (SSSR count). The summed E-state index contributed by atoms with van der Waals surface area (Å²) in [6, 6.07) is 0. The normalized spacial score (nSPS) is 26.2. The van der Waals surface area contributed by atoms with E-state index in [1.807, 2.05) is 0 Å². The summed E-state index contributed by atoms with van der Waals surface area (Å²) in [5.74, 6) is -0.273. The average molecular weight is 228 g/mol. The molecule has 1 fully saturated rings. The Bertz CT molecular complexity index is 328. The molecule has 1 aliphatic rings. The highest BCUT2D eigenvalue weighted by Crippen LogP contribution is 2.27. The minimum Gasteiger partial charge on any atom is -0.302 e. The Morgan fingerprint density at radius 2 is 2.47 bits per heavy atom. The number of halogens is 1. The Hall–Kier alpha value is -0.970. The summed E-state index contributed by atoms with van der Waals surface area (Å²) in [4.78, 5) is 15.7. The molecule has 82 valence electrons. The zero-order chi connectivity index (χ0) is 10.7. The van der Waals surface area contributed by atoms with Crippen LogP contribution in [0.3, 0.4) is 0 Å². The lowest BCUT2D eigenvalue weighted by atomic mass is 9.87. The minimum atomic E-state index is -0.814. The molecule has 0 aromatic carbocycles. The Morgan fingerprint density at radius 1 is 1.60 bits per heavy atom. The lowest BCUT2D eigenvalue weighted by molar-refractivity contribution is -0.121. The number of carbonyl (C=O) groups excluding carboxylic acids is 1. The SMILES string of the molecule is O=C(Nc1nccs1)[C@H]1CCC[C@@H](F)C1. The Kier molecular flexibility index (Phi) is 3.30. The first-order chi connectivity index (χ1) is 7.25. The molecule has 1 heterocycles. The molecule has 0 radical (unpaired) electrons. The number of rotatable bonds is 2. The van der Waals surface area contributed by atoms with E-state index >= 15 is 0 Å². The largest absolute Gasteiger partial charge is 0.302 e. The van der Waals surface area contributed by atoms with Crippen molar-refractivity contribution in [2.24, 2.45) is 5.92 Å². The van der Waals surface area contributed by atoms with E-state index in [2.05, 4.69) is 10.3 Å². The summed E-state index contributed by atoms with van der Waals surface area (Å²) in [6.45, 7) is 0. The summed E-state index contributed by atoms with van der Waals surface area (Å²) in [7, 11) is 0. The van der Waals surface area contributed by atoms with Gasteiger partial charge in [-0.1, -0.05) is 0 Å². The zero-order valence-electron chi connectivity index (χ0n) is 8.28. The molecule has 2 atom stereocenters. The second-order valence-electron chi connectivity index (χ2n) is 3.79. The first kappa shape index (κ1) is 10.5. The van der Waals surface area contributed by atoms with Crippen LogP contribution >= 0.6 is 11.3 Å². The second-order valence-corrected chi connectivity index (χ2v) is 4.68. The van der Waals surface area contributed by atoms with Crippen molar-refractivity contribution in [2.45, 2.75) is 31.9 Å². The van der Waals surface area contributed by atoms with E-state index in [-0.39, 0.29) is 11.8 Å². The number of thiazole rings is 1. The number of anilines is 1. The van der Waals surface area contributed by atoms with Crippen molar-refractivity contribution in [2.75, 3.05) is 5.32 Å². The minimum absolute atomic E-state index is 0.0905. The monoisotopic (exact) mass is 228 g/mol. The van der Waals surface area contributed by atoms with Gasteiger partial charge in [-0.3, -0.25) is 4.79 Å². The van der Waals surface area contributed by atoms with Crippen molar-refractivity contribution < 1.29 is 9.18 Å². The maximum absolute atomic E-state index is 13.1. The van der Waals surface area contributed by atoms with Crippen LogP contribution in [0.15, 0.2) is 11.6 Å². The van der Waals surface area contributed by atoms with E-state index in [0.29, 0.717) is 18.0 Å². The molecule has 15 heavy (non-hydrogen) atoms. The number of carbonyl (C=O) groups is 1. The van der Waals surface area contributed by atoms with Gasteiger partial charge in [-0.2, -0.15) is 0 Å². The highest BCUT2D eigenvalue weighted by molar-refractivity contribution is 7.13. The molecule has 0 unspecified atom stereocenters. The summed E-state index contributed by atoms with van der Waals surface area (Å²) in [5, 5.41) is 5.11. The third-order valence-electron chi connectivity index (χ3n) is 2.64. The van der Waals surface area contributed by atoms with Crippen LogP contribution in [0.4, 0.5) is 9.52 Å². The van der Waals surface area contributed by atoms with Crippen LogP contribution in [-0.2, 0) is 4.79 Å². The predicted octanol–water partition coefficient (Wildman–Crippen LogP) is 2.61. The van der Waals surface area contributed by atoms with Gasteiger partial charge in [0.05, 0.1) is 0 Å². The fourth-order valence-electron chi connectivity index (χ4n) is 1.86. The molecule has 3 nitrogen and oxygen atoms in total. The number of hydrogen-bond acceptors (Lipinski definition) is 3. The van der Waals surface area contributed by atoms with Crippen LogP contribution in [0, 0.1) is 5.92 Å². The van der Waals surface area contributed by atoms with Crippen molar-refractivity contribution in [3.8, 4) is 0 Å². The molecule has 1 N–H and O–H groups in total. The van der Waals surface area contributed by atoms with Crippen molar-refractivity contribution in [1.29, 1.82) is 0 Å². The van der Waals surface area contributed by atoms with Crippen LogP contribution < -0.4 is 5.32 Å². The van der Waals surface area contributed by atoms with E-state index in [0.717, 1.165) is 12.8 Å². The fourth-order valence-corrected chi connectivity index (χ4v) is 2.39. The third kappa shape index (κ3) is 2.75.